The maximum atomic E-state index is 13.1. The molecule has 1 aromatic carbocycles. The zero-order valence-electron chi connectivity index (χ0n) is 22.5. The average molecular weight is 493 g/mol. The van der Waals surface area contributed by atoms with E-state index in [4.69, 9.17) is 4.99 Å². The second kappa shape index (κ2) is 13.2. The van der Waals surface area contributed by atoms with Gasteiger partial charge in [0.1, 0.15) is 11.7 Å². The van der Waals surface area contributed by atoms with Crippen LogP contribution >= 0.6 is 0 Å². The molecular weight excluding hydrogens is 448 g/mol. The van der Waals surface area contributed by atoms with Gasteiger partial charge >= 0.3 is 0 Å². The molecule has 1 N–H and O–H groups in total. The van der Waals surface area contributed by atoms with Crippen LogP contribution in [-0.2, 0) is 19.5 Å². The number of aliphatic imine (C=N–C) groups is 1. The van der Waals surface area contributed by atoms with E-state index < -0.39 is 0 Å². The Bertz CT molecular complexity index is 995. The Morgan fingerprint density at radius 2 is 1.89 bits per heavy atom. The van der Waals surface area contributed by atoms with Gasteiger partial charge in [-0.2, -0.15) is 0 Å². The summed E-state index contributed by atoms with van der Waals surface area (Å²) in [6.07, 6.45) is 10.3. The first kappa shape index (κ1) is 26.6. The first-order valence-corrected chi connectivity index (χ1v) is 13.9. The molecular formula is C29H44N6O. The number of benzene rings is 1. The number of aromatic nitrogens is 2. The van der Waals surface area contributed by atoms with Crippen LogP contribution in [0.2, 0.25) is 0 Å². The molecule has 0 bridgehead atoms. The maximum absolute atomic E-state index is 13.1. The number of nitrogens with one attached hydrogen (secondary N) is 1. The fraction of sp³-hybridized carbons (Fsp3) is 0.621. The van der Waals surface area contributed by atoms with Crippen LogP contribution in [-0.4, -0.2) is 82.6 Å². The molecule has 0 radical (unpaired) electrons. The van der Waals surface area contributed by atoms with E-state index in [1.165, 1.54) is 43.5 Å². The van der Waals surface area contributed by atoms with Crippen molar-refractivity contribution in [1.82, 2.24) is 24.7 Å². The smallest absolute Gasteiger partial charge is 0.166 e. The predicted molar refractivity (Wildman–Crippen MR) is 146 cm³/mol. The summed E-state index contributed by atoms with van der Waals surface area (Å²) in [5.74, 6) is 2.60. The van der Waals surface area contributed by atoms with Crippen molar-refractivity contribution in [1.29, 1.82) is 0 Å². The number of hydrogen-bond donors (Lipinski definition) is 1. The molecule has 0 saturated heterocycles. The Hall–Kier alpha value is -2.51. The highest BCUT2D eigenvalue weighted by molar-refractivity contribution is 6.02. The third-order valence-electron chi connectivity index (χ3n) is 7.50. The van der Waals surface area contributed by atoms with Gasteiger partial charge in [0.2, 0.25) is 0 Å². The number of likely N-dealkylation sites (N-methyl/N-ethyl adjacent to an activating group) is 1. The van der Waals surface area contributed by atoms with Gasteiger partial charge in [-0.25, -0.2) is 4.98 Å². The molecule has 0 amide bonds. The van der Waals surface area contributed by atoms with Gasteiger partial charge in [-0.05, 0) is 62.9 Å². The zero-order valence-corrected chi connectivity index (χ0v) is 22.5. The molecule has 1 aromatic heterocycles. The number of carbonyl (C=O) groups excluding carboxylic acids is 1. The Morgan fingerprint density at radius 3 is 2.58 bits per heavy atom. The maximum Gasteiger partial charge on any atom is 0.166 e. The Morgan fingerprint density at radius 1 is 1.06 bits per heavy atom. The monoisotopic (exact) mass is 492 g/mol. The van der Waals surface area contributed by atoms with Crippen molar-refractivity contribution in [2.75, 3.05) is 46.3 Å². The van der Waals surface area contributed by atoms with Crippen LogP contribution in [0.5, 0.6) is 0 Å². The molecule has 0 fully saturated rings. The molecule has 4 rings (SSSR count). The summed E-state index contributed by atoms with van der Waals surface area (Å²) in [6, 6.07) is 6.48. The lowest BCUT2D eigenvalue weighted by atomic mass is 9.98. The fourth-order valence-corrected chi connectivity index (χ4v) is 5.63. The Labute approximate surface area is 217 Å². The number of rotatable bonds is 15. The molecule has 1 unspecified atom stereocenters. The van der Waals surface area contributed by atoms with Crippen molar-refractivity contribution in [3.05, 3.63) is 53.1 Å². The lowest BCUT2D eigenvalue weighted by Gasteiger charge is -2.24. The minimum atomic E-state index is 0.154. The number of hydrogen-bond acceptors (Lipinski definition) is 6. The van der Waals surface area contributed by atoms with Crippen molar-refractivity contribution in [2.45, 2.75) is 65.5 Å². The van der Waals surface area contributed by atoms with Gasteiger partial charge in [-0.3, -0.25) is 14.7 Å². The second-order valence-electron chi connectivity index (χ2n) is 10.5. The highest BCUT2D eigenvalue weighted by Gasteiger charge is 2.30. The second-order valence-corrected chi connectivity index (χ2v) is 10.5. The van der Waals surface area contributed by atoms with Crippen LogP contribution in [0.1, 0.15) is 73.3 Å². The van der Waals surface area contributed by atoms with Crippen molar-refractivity contribution < 1.29 is 4.79 Å². The molecule has 0 saturated carbocycles. The minimum absolute atomic E-state index is 0.154. The van der Waals surface area contributed by atoms with Gasteiger partial charge in [0.05, 0.1) is 19.6 Å². The molecule has 196 valence electrons. The summed E-state index contributed by atoms with van der Waals surface area (Å²) in [5, 5.41) is 0. The van der Waals surface area contributed by atoms with E-state index in [1.807, 2.05) is 6.20 Å². The summed E-state index contributed by atoms with van der Waals surface area (Å²) in [6.45, 7) is 12.2. The van der Waals surface area contributed by atoms with Gasteiger partial charge in [-0.15, -0.1) is 0 Å². The predicted octanol–water partition coefficient (Wildman–Crippen LogP) is 4.40. The van der Waals surface area contributed by atoms with E-state index in [2.05, 4.69) is 63.8 Å². The Kier molecular flexibility index (Phi) is 9.70. The quantitative estimate of drug-likeness (QED) is 0.373. The lowest BCUT2D eigenvalue weighted by molar-refractivity contribution is 0.0928. The highest BCUT2D eigenvalue weighted by atomic mass is 16.1. The van der Waals surface area contributed by atoms with Crippen molar-refractivity contribution >= 4 is 11.6 Å². The molecule has 7 heteroatoms. The number of aromatic amines is 1. The van der Waals surface area contributed by atoms with Crippen molar-refractivity contribution in [2.24, 2.45) is 10.9 Å². The summed E-state index contributed by atoms with van der Waals surface area (Å²) in [4.78, 5) is 32.6. The van der Waals surface area contributed by atoms with Crippen molar-refractivity contribution in [3.63, 3.8) is 0 Å². The number of H-pyrrole nitrogens is 1. The van der Waals surface area contributed by atoms with Crippen LogP contribution in [0, 0.1) is 5.92 Å². The van der Waals surface area contributed by atoms with Crippen LogP contribution < -0.4 is 0 Å². The number of carbonyl (C=O) groups is 1. The number of fused-ring (bicyclic) bond motifs is 1. The van der Waals surface area contributed by atoms with Crippen LogP contribution in [0.15, 0.2) is 35.6 Å². The lowest BCUT2D eigenvalue weighted by Crippen LogP contribution is -2.36. The number of unbranched alkanes of at least 4 members (excludes halogenated alkanes) is 1. The molecule has 2 heterocycles. The topological polar surface area (TPSA) is 67.8 Å². The third kappa shape index (κ3) is 7.04. The molecule has 0 spiro atoms. The first-order valence-electron chi connectivity index (χ1n) is 13.9. The van der Waals surface area contributed by atoms with Gasteiger partial charge < -0.3 is 14.8 Å². The van der Waals surface area contributed by atoms with E-state index >= 15 is 0 Å². The molecule has 7 nitrogen and oxygen atoms in total. The largest absolute Gasteiger partial charge is 0.360 e. The normalized spacial score (nSPS) is 17.5. The number of imidazole rings is 1. The minimum Gasteiger partial charge on any atom is -0.360 e. The average Bonchev–Trinajstić information content (AvgIpc) is 3.59. The van der Waals surface area contributed by atoms with E-state index in [0.29, 0.717) is 5.78 Å². The molecule has 1 aliphatic heterocycles. The first-order chi connectivity index (χ1) is 17.6. The van der Waals surface area contributed by atoms with Gasteiger partial charge in [-0.1, -0.05) is 38.5 Å². The summed E-state index contributed by atoms with van der Waals surface area (Å²) in [5.41, 5.74) is 3.43. The van der Waals surface area contributed by atoms with E-state index in [9.17, 15) is 4.79 Å². The summed E-state index contributed by atoms with van der Waals surface area (Å²) < 4.78 is 0. The van der Waals surface area contributed by atoms with Crippen molar-refractivity contribution in [3.8, 4) is 0 Å². The number of nitrogens with zero attached hydrogens (tertiary/aromatic N) is 5. The SMILES string of the molecule is CCCN(CCC)CCCCC1Cc2cc(CN(CC3=NCCN3C)Cc3ncc[nH]3)ccc2C1=O. The van der Waals surface area contributed by atoms with Gasteiger partial charge in [0, 0.05) is 44.0 Å². The fourth-order valence-electron chi connectivity index (χ4n) is 5.63. The van der Waals surface area contributed by atoms with Gasteiger partial charge in [0.15, 0.2) is 5.78 Å². The van der Waals surface area contributed by atoms with Gasteiger partial charge in [0.25, 0.3) is 0 Å². The standard InChI is InChI=1S/C29H44N6O/c1-4-14-34(15-5-2)16-7-6-8-24-19-25-18-23(9-10-26(25)29(24)36)20-35(21-27-30-11-12-31-27)22-28-32-13-17-33(28)3/h9-12,18,24H,4-8,13-17,19-22H2,1-3H3,(H,30,31). The van der Waals surface area contributed by atoms with Crippen LogP contribution in [0.3, 0.4) is 0 Å². The molecule has 1 atom stereocenters. The third-order valence-corrected chi connectivity index (χ3v) is 7.50. The molecule has 1 aliphatic carbocycles. The van der Waals surface area contributed by atoms with E-state index in [-0.39, 0.29) is 5.92 Å². The van der Waals surface area contributed by atoms with E-state index in [0.717, 1.165) is 75.8 Å². The van der Waals surface area contributed by atoms with Crippen LogP contribution in [0.4, 0.5) is 0 Å². The number of ketones is 1. The molecule has 2 aromatic rings. The highest BCUT2D eigenvalue weighted by Crippen LogP contribution is 2.31. The zero-order chi connectivity index (χ0) is 25.3. The summed E-state index contributed by atoms with van der Waals surface area (Å²) >= 11 is 0. The summed E-state index contributed by atoms with van der Waals surface area (Å²) in [7, 11) is 2.11. The van der Waals surface area contributed by atoms with Crippen LogP contribution in [0.25, 0.3) is 0 Å². The van der Waals surface area contributed by atoms with E-state index in [1.54, 1.807) is 6.20 Å². The Balaban J connectivity index is 1.34. The number of Topliss-reactive ketones (excluding diaryl/α,β-unsaturated/α-hetero) is 1. The number of amidine groups is 1. The molecule has 2 aliphatic rings. The molecule has 36 heavy (non-hydrogen) atoms.